The highest BCUT2D eigenvalue weighted by molar-refractivity contribution is 5.94. The van der Waals surface area contributed by atoms with Gasteiger partial charge in [-0.05, 0) is 51.5 Å². The van der Waals surface area contributed by atoms with E-state index in [1.165, 1.54) is 6.92 Å². The zero-order valence-corrected chi connectivity index (χ0v) is 19.7. The summed E-state index contributed by atoms with van der Waals surface area (Å²) in [6, 6.07) is -3.89. The molecule has 0 rings (SSSR count). The lowest BCUT2D eigenvalue weighted by atomic mass is 10.0. The Labute approximate surface area is 194 Å². The van der Waals surface area contributed by atoms with Crippen LogP contribution in [0.25, 0.3) is 0 Å². The Morgan fingerprint density at radius 1 is 0.879 bits per heavy atom. The molecule has 190 valence electrons. The fourth-order valence-corrected chi connectivity index (χ4v) is 2.86. The first-order valence-electron chi connectivity index (χ1n) is 11.1. The van der Waals surface area contributed by atoms with Gasteiger partial charge < -0.3 is 44.0 Å². The Bertz CT molecular complexity index is 681. The Kier molecular flexibility index (Phi) is 14.4. The highest BCUT2D eigenvalue weighted by Crippen LogP contribution is 2.06. The molecular formula is C20H40N8O5. The minimum atomic E-state index is -1.16. The average molecular weight is 473 g/mol. The fraction of sp³-hybridized carbons (Fsp3) is 0.750. The number of unbranched alkanes of at least 4 members (excludes halogenated alkanes) is 1. The van der Waals surface area contributed by atoms with E-state index in [-0.39, 0.29) is 18.3 Å². The van der Waals surface area contributed by atoms with Gasteiger partial charge in [0, 0.05) is 6.54 Å². The zero-order valence-electron chi connectivity index (χ0n) is 19.7. The lowest BCUT2D eigenvalue weighted by molar-refractivity contribution is -0.142. The van der Waals surface area contributed by atoms with Gasteiger partial charge in [-0.2, -0.15) is 0 Å². The van der Waals surface area contributed by atoms with Crippen LogP contribution in [0.3, 0.4) is 0 Å². The molecule has 13 nitrogen and oxygen atoms in total. The molecule has 0 aliphatic heterocycles. The first-order valence-corrected chi connectivity index (χ1v) is 11.1. The molecule has 0 aromatic heterocycles. The van der Waals surface area contributed by atoms with Crippen molar-refractivity contribution in [3.63, 3.8) is 0 Å². The summed E-state index contributed by atoms with van der Waals surface area (Å²) in [5.74, 6) is -3.28. The maximum Gasteiger partial charge on any atom is 0.326 e. The van der Waals surface area contributed by atoms with Crippen LogP contribution < -0.4 is 38.9 Å². The molecule has 4 unspecified atom stereocenters. The van der Waals surface area contributed by atoms with E-state index < -0.39 is 47.9 Å². The van der Waals surface area contributed by atoms with E-state index in [1.807, 2.05) is 0 Å². The lowest BCUT2D eigenvalue weighted by Gasteiger charge is -2.26. The Balaban J connectivity index is 4.86. The first-order chi connectivity index (χ1) is 15.4. The van der Waals surface area contributed by atoms with Gasteiger partial charge in [0.25, 0.3) is 0 Å². The van der Waals surface area contributed by atoms with Gasteiger partial charge >= 0.3 is 5.97 Å². The number of carbonyl (C=O) groups excluding carboxylic acids is 3. The zero-order chi connectivity index (χ0) is 25.6. The van der Waals surface area contributed by atoms with Gasteiger partial charge in [0.05, 0.1) is 6.04 Å². The van der Waals surface area contributed by atoms with Crippen LogP contribution in [0.2, 0.25) is 0 Å². The number of guanidine groups is 1. The lowest BCUT2D eigenvalue weighted by Crippen LogP contribution is -2.57. The summed E-state index contributed by atoms with van der Waals surface area (Å²) in [6.45, 7) is 5.64. The third kappa shape index (κ3) is 12.6. The summed E-state index contributed by atoms with van der Waals surface area (Å²) in [7, 11) is 0. The van der Waals surface area contributed by atoms with Gasteiger partial charge in [0.15, 0.2) is 5.96 Å². The smallest absolute Gasteiger partial charge is 0.326 e. The summed E-state index contributed by atoms with van der Waals surface area (Å²) >= 11 is 0. The number of hydrogen-bond donors (Lipinski definition) is 8. The Morgan fingerprint density at radius 2 is 1.52 bits per heavy atom. The third-order valence-corrected chi connectivity index (χ3v) is 4.86. The number of carboxylic acid groups (broad SMARTS) is 1. The van der Waals surface area contributed by atoms with E-state index in [1.54, 1.807) is 13.8 Å². The molecule has 0 saturated carbocycles. The molecule has 4 atom stereocenters. The van der Waals surface area contributed by atoms with Crippen molar-refractivity contribution in [1.29, 1.82) is 0 Å². The minimum absolute atomic E-state index is 0.0488. The van der Waals surface area contributed by atoms with Gasteiger partial charge in [0.1, 0.15) is 18.1 Å². The molecule has 13 heteroatoms. The number of rotatable bonds is 16. The van der Waals surface area contributed by atoms with E-state index in [2.05, 4.69) is 20.9 Å². The van der Waals surface area contributed by atoms with Gasteiger partial charge in [-0.15, -0.1) is 0 Å². The molecule has 0 aromatic carbocycles. The molecule has 3 amide bonds. The van der Waals surface area contributed by atoms with Gasteiger partial charge in [-0.1, -0.05) is 13.8 Å². The number of aliphatic imine (C=N–C) groups is 1. The van der Waals surface area contributed by atoms with E-state index >= 15 is 0 Å². The molecule has 0 aliphatic carbocycles. The first kappa shape index (κ1) is 30.1. The van der Waals surface area contributed by atoms with Gasteiger partial charge in [0.2, 0.25) is 17.7 Å². The molecule has 0 aromatic rings. The summed E-state index contributed by atoms with van der Waals surface area (Å²) in [5, 5.41) is 16.9. The van der Waals surface area contributed by atoms with Crippen molar-refractivity contribution in [2.24, 2.45) is 33.8 Å². The average Bonchev–Trinajstić information content (AvgIpc) is 2.73. The van der Waals surface area contributed by atoms with Crippen molar-refractivity contribution in [2.75, 3.05) is 13.1 Å². The van der Waals surface area contributed by atoms with E-state index in [4.69, 9.17) is 22.9 Å². The van der Waals surface area contributed by atoms with Crippen molar-refractivity contribution < 1.29 is 24.3 Å². The quantitative estimate of drug-likeness (QED) is 0.0683. The summed E-state index contributed by atoms with van der Waals surface area (Å²) in [5.41, 5.74) is 21.7. The van der Waals surface area contributed by atoms with Crippen LogP contribution in [-0.2, 0) is 19.2 Å². The highest BCUT2D eigenvalue weighted by atomic mass is 16.4. The van der Waals surface area contributed by atoms with Crippen LogP contribution in [0.4, 0.5) is 0 Å². The third-order valence-electron chi connectivity index (χ3n) is 4.86. The molecule has 0 fully saturated rings. The van der Waals surface area contributed by atoms with E-state index in [0.29, 0.717) is 38.8 Å². The second-order valence-electron chi connectivity index (χ2n) is 8.20. The van der Waals surface area contributed by atoms with Crippen LogP contribution in [-0.4, -0.2) is 72.0 Å². The van der Waals surface area contributed by atoms with Crippen molar-refractivity contribution in [3.8, 4) is 0 Å². The molecule has 12 N–H and O–H groups in total. The standard InChI is InChI=1S/C20H40N8O5/c1-11(2)15(18(31)27-14(19(32)33)8-4-5-9-21)28-16(29)12(3)26-17(30)13(22)7-6-10-25-20(23)24/h11-15H,4-10,21-22H2,1-3H3,(H,26,30)(H,27,31)(H,28,29)(H,32,33)(H4,23,24,25). The van der Waals surface area contributed by atoms with Gasteiger partial charge in [-0.25, -0.2) is 4.79 Å². The van der Waals surface area contributed by atoms with Gasteiger partial charge in [-0.3, -0.25) is 19.4 Å². The number of amides is 3. The maximum atomic E-state index is 12.7. The van der Waals surface area contributed by atoms with Crippen molar-refractivity contribution in [2.45, 2.75) is 77.0 Å². The topological polar surface area (TPSA) is 241 Å². The molecule has 0 spiro atoms. The number of hydrogen-bond acceptors (Lipinski definition) is 7. The van der Waals surface area contributed by atoms with Crippen molar-refractivity contribution >= 4 is 29.7 Å². The number of carbonyl (C=O) groups is 4. The highest BCUT2D eigenvalue weighted by Gasteiger charge is 2.30. The molecule has 0 aliphatic rings. The summed E-state index contributed by atoms with van der Waals surface area (Å²) < 4.78 is 0. The van der Waals surface area contributed by atoms with Crippen LogP contribution in [0.15, 0.2) is 4.99 Å². The van der Waals surface area contributed by atoms with E-state index in [9.17, 15) is 24.3 Å². The number of aliphatic carboxylic acids is 1. The molecule has 0 heterocycles. The van der Waals surface area contributed by atoms with Crippen LogP contribution in [0.5, 0.6) is 0 Å². The van der Waals surface area contributed by atoms with Crippen LogP contribution >= 0.6 is 0 Å². The number of carboxylic acids is 1. The molecule has 0 saturated heterocycles. The maximum absolute atomic E-state index is 12.7. The molecule has 0 radical (unpaired) electrons. The Morgan fingerprint density at radius 3 is 2.03 bits per heavy atom. The predicted octanol–water partition coefficient (Wildman–Crippen LogP) is -2.29. The predicted molar refractivity (Wildman–Crippen MR) is 125 cm³/mol. The number of nitrogens with zero attached hydrogens (tertiary/aromatic N) is 1. The normalized spacial score (nSPS) is 14.5. The molecule has 0 bridgehead atoms. The second-order valence-corrected chi connectivity index (χ2v) is 8.20. The van der Waals surface area contributed by atoms with Crippen LogP contribution in [0, 0.1) is 5.92 Å². The molecule has 33 heavy (non-hydrogen) atoms. The second kappa shape index (κ2) is 15.8. The summed E-state index contributed by atoms with van der Waals surface area (Å²) in [4.78, 5) is 52.7. The number of nitrogens with two attached hydrogens (primary N) is 4. The Hall–Kier alpha value is -2.93. The SMILES string of the molecule is CC(NC(=O)C(N)CCCN=C(N)N)C(=O)NC(C(=O)NC(CCCCN)C(=O)O)C(C)C. The van der Waals surface area contributed by atoms with Crippen molar-refractivity contribution in [3.05, 3.63) is 0 Å². The largest absolute Gasteiger partial charge is 0.480 e. The molecular weight excluding hydrogens is 432 g/mol. The monoisotopic (exact) mass is 472 g/mol. The minimum Gasteiger partial charge on any atom is -0.480 e. The van der Waals surface area contributed by atoms with E-state index in [0.717, 1.165) is 0 Å². The number of nitrogens with one attached hydrogen (secondary N) is 3. The summed E-state index contributed by atoms with van der Waals surface area (Å²) in [6.07, 6.45) is 2.21. The van der Waals surface area contributed by atoms with Crippen molar-refractivity contribution in [1.82, 2.24) is 16.0 Å². The van der Waals surface area contributed by atoms with Crippen LogP contribution in [0.1, 0.15) is 52.9 Å². The fourth-order valence-electron chi connectivity index (χ4n) is 2.86.